The molecule has 7 nitrogen and oxygen atoms in total. The van der Waals surface area contributed by atoms with Crippen molar-refractivity contribution in [2.24, 2.45) is 5.92 Å². The van der Waals surface area contributed by atoms with Gasteiger partial charge >= 0.3 is 0 Å². The number of amides is 2. The topological polar surface area (TPSA) is 86.8 Å². The summed E-state index contributed by atoms with van der Waals surface area (Å²) in [5.41, 5.74) is 1.78. The molecule has 3 aromatic carbocycles. The molecule has 0 aliphatic heterocycles. The average molecular weight is 639 g/mol. The van der Waals surface area contributed by atoms with Gasteiger partial charge in [0.25, 0.3) is 10.0 Å². The predicted octanol–water partition coefficient (Wildman–Crippen LogP) is 6.73. The lowest BCUT2D eigenvalue weighted by molar-refractivity contribution is -0.140. The molecule has 0 aromatic heterocycles. The van der Waals surface area contributed by atoms with Crippen LogP contribution in [0, 0.1) is 12.8 Å². The molecule has 0 heterocycles. The monoisotopic (exact) mass is 637 g/mol. The smallest absolute Gasteiger partial charge is 0.264 e. The van der Waals surface area contributed by atoms with Crippen LogP contribution in [0.3, 0.4) is 0 Å². The van der Waals surface area contributed by atoms with Crippen LogP contribution < -0.4 is 9.62 Å². The second-order valence-corrected chi connectivity index (χ2v) is 13.3. The number of carbonyl (C=O) groups is 2. The van der Waals surface area contributed by atoms with E-state index in [-0.39, 0.29) is 23.3 Å². The van der Waals surface area contributed by atoms with Gasteiger partial charge in [-0.15, -0.1) is 0 Å². The first-order chi connectivity index (χ1) is 19.3. The van der Waals surface area contributed by atoms with E-state index in [2.05, 4.69) is 5.32 Å². The second-order valence-electron chi connectivity index (χ2n) is 10.1. The molecule has 0 aliphatic rings. The number of hydrogen-bond acceptors (Lipinski definition) is 4. The van der Waals surface area contributed by atoms with Crippen molar-refractivity contribution < 1.29 is 18.0 Å². The normalized spacial score (nSPS) is 12.2. The minimum absolute atomic E-state index is 0.0195. The number of anilines is 1. The summed E-state index contributed by atoms with van der Waals surface area (Å²) in [6, 6.07) is 16.7. The summed E-state index contributed by atoms with van der Waals surface area (Å²) in [6.45, 7) is 7.50. The zero-order valence-electron chi connectivity index (χ0n) is 23.4. The maximum Gasteiger partial charge on any atom is 0.264 e. The number of nitrogens with zero attached hydrogens (tertiary/aromatic N) is 2. The van der Waals surface area contributed by atoms with Crippen molar-refractivity contribution in [2.75, 3.05) is 17.4 Å². The highest BCUT2D eigenvalue weighted by Gasteiger charge is 2.33. The van der Waals surface area contributed by atoms with Crippen molar-refractivity contribution in [1.29, 1.82) is 0 Å². The molecule has 11 heteroatoms. The Balaban J connectivity index is 2.06. The number of rotatable bonds is 12. The van der Waals surface area contributed by atoms with Gasteiger partial charge in [0, 0.05) is 18.1 Å². The molecule has 0 bridgehead atoms. The Morgan fingerprint density at radius 1 is 0.927 bits per heavy atom. The molecular formula is C30H34Cl3N3O4S. The van der Waals surface area contributed by atoms with Crippen LogP contribution >= 0.6 is 34.8 Å². The largest absolute Gasteiger partial charge is 0.354 e. The van der Waals surface area contributed by atoms with Crippen LogP contribution in [0.2, 0.25) is 15.1 Å². The van der Waals surface area contributed by atoms with E-state index in [9.17, 15) is 18.0 Å². The maximum atomic E-state index is 14.1. The Morgan fingerprint density at radius 3 is 2.20 bits per heavy atom. The maximum absolute atomic E-state index is 14.1. The number of nitrogens with one attached hydrogen (secondary N) is 1. The van der Waals surface area contributed by atoms with E-state index in [0.717, 1.165) is 9.87 Å². The SMILES string of the molecule is CC[C@H](C(=O)NCC(C)C)N(Cc1ccc(Cl)c(Cl)c1)C(=O)CN(c1cccc(C)c1)S(=O)(=O)c1ccc(Cl)cc1. The highest BCUT2D eigenvalue weighted by Crippen LogP contribution is 2.27. The lowest BCUT2D eigenvalue weighted by Crippen LogP contribution is -2.52. The lowest BCUT2D eigenvalue weighted by Gasteiger charge is -2.33. The lowest BCUT2D eigenvalue weighted by atomic mass is 10.1. The number of hydrogen-bond donors (Lipinski definition) is 1. The van der Waals surface area contributed by atoms with Gasteiger partial charge in [0.05, 0.1) is 20.6 Å². The molecule has 0 fully saturated rings. The highest BCUT2D eigenvalue weighted by atomic mass is 35.5. The van der Waals surface area contributed by atoms with E-state index >= 15 is 0 Å². The average Bonchev–Trinajstić information content (AvgIpc) is 2.92. The number of aryl methyl sites for hydroxylation is 1. The molecule has 41 heavy (non-hydrogen) atoms. The first-order valence-corrected chi connectivity index (χ1v) is 15.8. The molecule has 0 spiro atoms. The molecule has 1 atom stereocenters. The van der Waals surface area contributed by atoms with Gasteiger partial charge in [-0.1, -0.05) is 73.8 Å². The highest BCUT2D eigenvalue weighted by molar-refractivity contribution is 7.92. The summed E-state index contributed by atoms with van der Waals surface area (Å²) in [4.78, 5) is 28.8. The Labute approximate surface area is 257 Å². The third kappa shape index (κ3) is 8.61. The molecule has 3 aromatic rings. The Kier molecular flexibility index (Phi) is 11.5. The van der Waals surface area contributed by atoms with E-state index in [1.54, 1.807) is 43.3 Å². The minimum atomic E-state index is -4.19. The fraction of sp³-hybridized carbons (Fsp3) is 0.333. The first-order valence-electron chi connectivity index (χ1n) is 13.2. The van der Waals surface area contributed by atoms with Crippen molar-refractivity contribution in [2.45, 2.75) is 51.6 Å². The molecule has 0 aliphatic carbocycles. The van der Waals surface area contributed by atoms with Crippen molar-refractivity contribution in [3.63, 3.8) is 0 Å². The fourth-order valence-electron chi connectivity index (χ4n) is 4.22. The van der Waals surface area contributed by atoms with Gasteiger partial charge in [-0.05, 0) is 78.9 Å². The molecule has 1 N–H and O–H groups in total. The molecule has 0 saturated carbocycles. The van der Waals surface area contributed by atoms with Gasteiger partial charge in [-0.2, -0.15) is 0 Å². The zero-order chi connectivity index (χ0) is 30.3. The molecule has 0 saturated heterocycles. The van der Waals surface area contributed by atoms with E-state index in [1.807, 2.05) is 26.8 Å². The summed E-state index contributed by atoms with van der Waals surface area (Å²) in [5, 5.41) is 3.95. The van der Waals surface area contributed by atoms with E-state index in [1.165, 1.54) is 29.2 Å². The van der Waals surface area contributed by atoms with Gasteiger partial charge in [-0.25, -0.2) is 8.42 Å². The van der Waals surface area contributed by atoms with Crippen LogP contribution in [0.5, 0.6) is 0 Å². The van der Waals surface area contributed by atoms with Crippen LogP contribution in [0.25, 0.3) is 0 Å². The number of halogens is 3. The molecule has 2 amide bonds. The van der Waals surface area contributed by atoms with Crippen molar-refractivity contribution in [3.8, 4) is 0 Å². The molecule has 0 unspecified atom stereocenters. The van der Waals surface area contributed by atoms with Gasteiger partial charge in [0.1, 0.15) is 12.6 Å². The van der Waals surface area contributed by atoms with Crippen LogP contribution in [0.1, 0.15) is 38.3 Å². The quantitative estimate of drug-likeness (QED) is 0.238. The molecule has 220 valence electrons. The van der Waals surface area contributed by atoms with Crippen LogP contribution in [0.15, 0.2) is 71.6 Å². The minimum Gasteiger partial charge on any atom is -0.354 e. The van der Waals surface area contributed by atoms with Crippen molar-refractivity contribution in [1.82, 2.24) is 10.2 Å². The second kappa shape index (κ2) is 14.4. The Hall–Kier alpha value is -2.78. The van der Waals surface area contributed by atoms with Gasteiger partial charge in [0.15, 0.2) is 0 Å². The summed E-state index contributed by atoms with van der Waals surface area (Å²) in [5.74, 6) is -0.670. The van der Waals surface area contributed by atoms with Crippen molar-refractivity contribution in [3.05, 3.63) is 92.9 Å². The number of carbonyl (C=O) groups excluding carboxylic acids is 2. The summed E-state index contributed by atoms with van der Waals surface area (Å²) in [6.07, 6.45) is 0.311. The summed E-state index contributed by atoms with van der Waals surface area (Å²) >= 11 is 18.3. The standard InChI is InChI=1S/C30H34Cl3N3O4S/c1-5-28(30(38)34-17-20(2)3)35(18-22-9-14-26(32)27(33)16-22)29(37)19-36(24-8-6-7-21(4)15-24)41(39,40)25-12-10-23(31)11-13-25/h6-16,20,28H,5,17-19H2,1-4H3,(H,34,38)/t28-/m1/s1. The first kappa shape index (κ1) is 32.7. The fourth-order valence-corrected chi connectivity index (χ4v) is 6.08. The van der Waals surface area contributed by atoms with Crippen LogP contribution in [-0.2, 0) is 26.2 Å². The Bertz CT molecular complexity index is 1480. The van der Waals surface area contributed by atoms with Crippen molar-refractivity contribution >= 4 is 62.3 Å². The van der Waals surface area contributed by atoms with Gasteiger partial charge in [-0.3, -0.25) is 13.9 Å². The molecule has 3 rings (SSSR count). The Morgan fingerprint density at radius 2 is 1.61 bits per heavy atom. The number of sulfonamides is 1. The van der Waals surface area contributed by atoms with Gasteiger partial charge < -0.3 is 10.2 Å². The molecule has 0 radical (unpaired) electrons. The van der Waals surface area contributed by atoms with Crippen LogP contribution in [0.4, 0.5) is 5.69 Å². The summed E-state index contributed by atoms with van der Waals surface area (Å²) in [7, 11) is -4.19. The van der Waals surface area contributed by atoms with E-state index in [4.69, 9.17) is 34.8 Å². The predicted molar refractivity (Wildman–Crippen MR) is 166 cm³/mol. The van der Waals surface area contributed by atoms with E-state index in [0.29, 0.717) is 39.3 Å². The number of benzene rings is 3. The van der Waals surface area contributed by atoms with Gasteiger partial charge in [0.2, 0.25) is 11.8 Å². The summed E-state index contributed by atoms with van der Waals surface area (Å²) < 4.78 is 28.9. The van der Waals surface area contributed by atoms with Crippen LogP contribution in [-0.4, -0.2) is 44.3 Å². The zero-order valence-corrected chi connectivity index (χ0v) is 26.5. The third-order valence-electron chi connectivity index (χ3n) is 6.38. The molecular weight excluding hydrogens is 605 g/mol. The third-order valence-corrected chi connectivity index (χ3v) is 9.16. The van der Waals surface area contributed by atoms with E-state index < -0.39 is 28.5 Å².